The van der Waals surface area contributed by atoms with Crippen LogP contribution in [0.3, 0.4) is 0 Å². The van der Waals surface area contributed by atoms with Crippen LogP contribution in [0.2, 0.25) is 0 Å². The van der Waals surface area contributed by atoms with Crippen LogP contribution < -0.4 is 0 Å². The van der Waals surface area contributed by atoms with Gasteiger partial charge in [0.05, 0.1) is 18.2 Å². The Labute approximate surface area is 116 Å². The summed E-state index contributed by atoms with van der Waals surface area (Å²) in [5, 5.41) is 12.8. The number of benzene rings is 1. The Bertz CT molecular complexity index is 664. The van der Waals surface area contributed by atoms with Gasteiger partial charge in [0.1, 0.15) is 0 Å². The molecule has 0 amide bonds. The zero-order valence-electron chi connectivity index (χ0n) is 10.8. The molecule has 0 spiro atoms. The molecule has 2 aromatic rings. The van der Waals surface area contributed by atoms with Crippen molar-refractivity contribution in [1.29, 1.82) is 5.26 Å². The first-order chi connectivity index (χ1) is 9.85. The van der Waals surface area contributed by atoms with Crippen molar-refractivity contribution in [2.75, 3.05) is 13.2 Å². The summed E-state index contributed by atoms with van der Waals surface area (Å²) in [4.78, 5) is 4.34. The average Bonchev–Trinajstić information content (AvgIpc) is 3.16. The number of aromatic nitrogens is 2. The largest absolute Gasteiger partial charge is 0.381 e. The van der Waals surface area contributed by atoms with Gasteiger partial charge in [-0.15, -0.1) is 0 Å². The fourth-order valence-electron chi connectivity index (χ4n) is 2.10. The van der Waals surface area contributed by atoms with Crippen molar-refractivity contribution in [1.82, 2.24) is 10.1 Å². The average molecular weight is 267 g/mol. The molecule has 1 aliphatic rings. The van der Waals surface area contributed by atoms with Gasteiger partial charge in [-0.3, -0.25) is 0 Å². The van der Waals surface area contributed by atoms with Gasteiger partial charge >= 0.3 is 0 Å². The molecule has 1 unspecified atom stereocenters. The van der Waals surface area contributed by atoms with Crippen molar-refractivity contribution in [3.05, 3.63) is 47.1 Å². The van der Waals surface area contributed by atoms with Gasteiger partial charge in [-0.2, -0.15) is 10.2 Å². The van der Waals surface area contributed by atoms with Gasteiger partial charge in [0.2, 0.25) is 0 Å². The third-order valence-corrected chi connectivity index (χ3v) is 3.19. The predicted molar refractivity (Wildman–Crippen MR) is 72.6 cm³/mol. The Morgan fingerprint density at radius 3 is 3.10 bits per heavy atom. The molecule has 100 valence electrons. The molecule has 0 radical (unpaired) electrons. The number of hydrogen-bond donors (Lipinski definition) is 0. The fourth-order valence-corrected chi connectivity index (χ4v) is 2.10. The summed E-state index contributed by atoms with van der Waals surface area (Å²) in [5.41, 5.74) is 1.55. The first-order valence-electron chi connectivity index (χ1n) is 6.45. The first-order valence-corrected chi connectivity index (χ1v) is 6.45. The van der Waals surface area contributed by atoms with E-state index in [-0.39, 0.29) is 5.92 Å². The summed E-state index contributed by atoms with van der Waals surface area (Å²) in [6.07, 6.45) is 4.54. The van der Waals surface area contributed by atoms with E-state index in [0.717, 1.165) is 18.6 Å². The molecule has 2 heterocycles. The van der Waals surface area contributed by atoms with Crippen molar-refractivity contribution >= 4 is 12.2 Å². The van der Waals surface area contributed by atoms with Gasteiger partial charge in [-0.1, -0.05) is 17.3 Å². The van der Waals surface area contributed by atoms with Crippen molar-refractivity contribution in [3.63, 3.8) is 0 Å². The van der Waals surface area contributed by atoms with Crippen molar-refractivity contribution < 1.29 is 9.26 Å². The number of ether oxygens (including phenoxy) is 1. The molecular formula is C15H13N3O2. The number of hydrogen-bond acceptors (Lipinski definition) is 5. The Hall–Kier alpha value is -2.45. The lowest BCUT2D eigenvalue weighted by Crippen LogP contribution is -1.99. The van der Waals surface area contributed by atoms with E-state index < -0.39 is 0 Å². The maximum Gasteiger partial charge on any atom is 0.250 e. The highest BCUT2D eigenvalue weighted by molar-refractivity contribution is 5.66. The molecule has 5 heteroatoms. The van der Waals surface area contributed by atoms with Crippen molar-refractivity contribution in [3.8, 4) is 6.07 Å². The highest BCUT2D eigenvalue weighted by atomic mass is 16.5. The SMILES string of the molecule is N#Cc1cccc(/C=C/c2nc(C3CCOC3)no2)c1. The van der Waals surface area contributed by atoms with Crippen LogP contribution in [0.25, 0.3) is 12.2 Å². The molecule has 1 fully saturated rings. The van der Waals surface area contributed by atoms with Crippen LogP contribution in [0, 0.1) is 11.3 Å². The minimum Gasteiger partial charge on any atom is -0.381 e. The van der Waals surface area contributed by atoms with E-state index in [2.05, 4.69) is 16.2 Å². The van der Waals surface area contributed by atoms with E-state index in [9.17, 15) is 0 Å². The van der Waals surface area contributed by atoms with Gasteiger partial charge in [0.15, 0.2) is 5.82 Å². The van der Waals surface area contributed by atoms with Crippen LogP contribution in [0.4, 0.5) is 0 Å². The number of nitrogens with zero attached hydrogens (tertiary/aromatic N) is 3. The summed E-state index contributed by atoms with van der Waals surface area (Å²) < 4.78 is 10.5. The van der Waals surface area contributed by atoms with Crippen LogP contribution in [0.1, 0.15) is 35.2 Å². The van der Waals surface area contributed by atoms with Crippen molar-refractivity contribution in [2.24, 2.45) is 0 Å². The van der Waals surface area contributed by atoms with Gasteiger partial charge in [-0.05, 0) is 30.2 Å². The summed E-state index contributed by atoms with van der Waals surface area (Å²) in [6.45, 7) is 1.41. The first kappa shape index (κ1) is 12.6. The Morgan fingerprint density at radius 1 is 1.35 bits per heavy atom. The van der Waals surface area contributed by atoms with E-state index in [1.54, 1.807) is 18.2 Å². The van der Waals surface area contributed by atoms with Gasteiger partial charge in [0.25, 0.3) is 5.89 Å². The lowest BCUT2D eigenvalue weighted by Gasteiger charge is -1.97. The van der Waals surface area contributed by atoms with Crippen LogP contribution >= 0.6 is 0 Å². The van der Waals surface area contributed by atoms with Gasteiger partial charge in [0, 0.05) is 18.6 Å². The van der Waals surface area contributed by atoms with Gasteiger partial charge < -0.3 is 9.26 Å². The third-order valence-electron chi connectivity index (χ3n) is 3.19. The maximum atomic E-state index is 8.85. The Balaban J connectivity index is 1.73. The van der Waals surface area contributed by atoms with E-state index in [4.69, 9.17) is 14.5 Å². The quantitative estimate of drug-likeness (QED) is 0.854. The highest BCUT2D eigenvalue weighted by Crippen LogP contribution is 2.22. The minimum absolute atomic E-state index is 0.239. The third kappa shape index (κ3) is 2.76. The van der Waals surface area contributed by atoms with Crippen LogP contribution in [0.5, 0.6) is 0 Å². The van der Waals surface area contributed by atoms with Crippen molar-refractivity contribution in [2.45, 2.75) is 12.3 Å². The van der Waals surface area contributed by atoms with Crippen LogP contribution in [0.15, 0.2) is 28.8 Å². The highest BCUT2D eigenvalue weighted by Gasteiger charge is 2.22. The topological polar surface area (TPSA) is 71.9 Å². The van der Waals surface area contributed by atoms with Crippen LogP contribution in [-0.2, 0) is 4.74 Å². The zero-order chi connectivity index (χ0) is 13.8. The van der Waals surface area contributed by atoms with Crippen LogP contribution in [-0.4, -0.2) is 23.4 Å². The molecule has 0 N–H and O–H groups in total. The second-order valence-electron chi connectivity index (χ2n) is 4.62. The summed E-state index contributed by atoms with van der Waals surface area (Å²) >= 11 is 0. The second kappa shape index (κ2) is 5.68. The summed E-state index contributed by atoms with van der Waals surface area (Å²) in [6, 6.07) is 9.43. The molecule has 0 bridgehead atoms. The molecule has 5 nitrogen and oxygen atoms in total. The predicted octanol–water partition coefficient (Wildman–Crippen LogP) is 2.62. The Morgan fingerprint density at radius 2 is 2.30 bits per heavy atom. The number of nitriles is 1. The molecule has 20 heavy (non-hydrogen) atoms. The zero-order valence-corrected chi connectivity index (χ0v) is 10.8. The molecular weight excluding hydrogens is 254 g/mol. The lowest BCUT2D eigenvalue weighted by atomic mass is 10.1. The minimum atomic E-state index is 0.239. The molecule has 1 atom stereocenters. The lowest BCUT2D eigenvalue weighted by molar-refractivity contribution is 0.192. The van der Waals surface area contributed by atoms with E-state index in [1.807, 2.05) is 18.2 Å². The molecule has 0 saturated carbocycles. The molecule has 0 aliphatic carbocycles. The monoisotopic (exact) mass is 267 g/mol. The number of rotatable bonds is 3. The second-order valence-corrected chi connectivity index (χ2v) is 4.62. The maximum absolute atomic E-state index is 8.85. The standard InChI is InChI=1S/C15H13N3O2/c16-9-12-3-1-2-11(8-12)4-5-14-17-15(18-20-14)13-6-7-19-10-13/h1-5,8,13H,6-7,10H2/b5-4+. The normalized spacial score (nSPS) is 18.4. The summed E-state index contributed by atoms with van der Waals surface area (Å²) in [5.74, 6) is 1.41. The summed E-state index contributed by atoms with van der Waals surface area (Å²) in [7, 11) is 0. The smallest absolute Gasteiger partial charge is 0.250 e. The molecule has 1 aliphatic heterocycles. The van der Waals surface area contributed by atoms with E-state index in [1.165, 1.54) is 0 Å². The fraction of sp³-hybridized carbons (Fsp3) is 0.267. The molecule has 1 aromatic heterocycles. The molecule has 3 rings (SSSR count). The van der Waals surface area contributed by atoms with E-state index >= 15 is 0 Å². The van der Waals surface area contributed by atoms with E-state index in [0.29, 0.717) is 23.9 Å². The Kier molecular flexibility index (Phi) is 3.57. The molecule has 1 saturated heterocycles. The van der Waals surface area contributed by atoms with Gasteiger partial charge in [-0.25, -0.2) is 0 Å². The molecule has 1 aromatic carbocycles.